The van der Waals surface area contributed by atoms with Crippen molar-refractivity contribution in [2.45, 2.75) is 23.8 Å². The van der Waals surface area contributed by atoms with Gasteiger partial charge in [-0.1, -0.05) is 41.9 Å². The summed E-state index contributed by atoms with van der Waals surface area (Å²) in [6.07, 6.45) is 1.22. The van der Waals surface area contributed by atoms with Crippen molar-refractivity contribution in [3.8, 4) is 0 Å². The summed E-state index contributed by atoms with van der Waals surface area (Å²) in [5, 5.41) is 3.53. The average Bonchev–Trinajstić information content (AvgIpc) is 3.17. The van der Waals surface area contributed by atoms with E-state index < -0.39 is 10.9 Å². The number of carbonyl (C=O) groups is 2. The Morgan fingerprint density at radius 3 is 2.60 bits per heavy atom. The summed E-state index contributed by atoms with van der Waals surface area (Å²) < 4.78 is 0. The first-order valence-electron chi connectivity index (χ1n) is 8.18. The molecule has 0 bridgehead atoms. The molecule has 0 unspecified atom stereocenters. The van der Waals surface area contributed by atoms with Gasteiger partial charge in [-0.3, -0.25) is 9.59 Å². The predicted octanol–water partition coefficient (Wildman–Crippen LogP) is 3.87. The van der Waals surface area contributed by atoms with Crippen LogP contribution in [0.2, 0.25) is 5.02 Å². The summed E-state index contributed by atoms with van der Waals surface area (Å²) in [4.78, 5) is 26.7. The lowest BCUT2D eigenvalue weighted by Crippen LogP contribution is -2.48. The fraction of sp³-hybridized carbons (Fsp3) is 0.263. The molecule has 2 amide bonds. The fourth-order valence-corrected chi connectivity index (χ4v) is 5.37. The van der Waals surface area contributed by atoms with Crippen LogP contribution in [0.1, 0.15) is 18.4 Å². The van der Waals surface area contributed by atoms with E-state index in [-0.39, 0.29) is 11.8 Å². The minimum Gasteiger partial charge on any atom is -0.324 e. The first-order valence-corrected chi connectivity index (χ1v) is 9.55. The maximum absolute atomic E-state index is 12.8. The number of hydrogen-bond acceptors (Lipinski definition) is 3. The summed E-state index contributed by atoms with van der Waals surface area (Å²) in [5.41, 5.74) is 1.77. The molecule has 128 valence electrons. The van der Waals surface area contributed by atoms with Crippen LogP contribution in [0.15, 0.2) is 54.6 Å². The van der Waals surface area contributed by atoms with Crippen LogP contribution in [-0.2, 0) is 14.5 Å². The molecule has 2 aromatic carbocycles. The number of thioether (sulfide) groups is 1. The Labute approximate surface area is 155 Å². The SMILES string of the molecule is O=C(Nc1ccc(Cl)cc1)[C@H]1CS[C@]2(c3ccccc3)CCC(=O)N12. The van der Waals surface area contributed by atoms with Crippen molar-refractivity contribution in [2.24, 2.45) is 0 Å². The van der Waals surface area contributed by atoms with E-state index >= 15 is 0 Å². The van der Waals surface area contributed by atoms with Gasteiger partial charge in [-0.15, -0.1) is 11.8 Å². The normalized spacial score (nSPS) is 25.1. The summed E-state index contributed by atoms with van der Waals surface area (Å²) in [6.45, 7) is 0. The van der Waals surface area contributed by atoms with Crippen LogP contribution in [0.4, 0.5) is 5.69 Å². The van der Waals surface area contributed by atoms with E-state index in [1.165, 1.54) is 0 Å². The van der Waals surface area contributed by atoms with Crippen LogP contribution in [0.5, 0.6) is 0 Å². The minimum absolute atomic E-state index is 0.0464. The molecule has 4 rings (SSSR count). The zero-order chi connectivity index (χ0) is 17.4. The Balaban J connectivity index is 1.60. The highest BCUT2D eigenvalue weighted by Gasteiger charge is 2.56. The minimum atomic E-state index is -0.462. The van der Waals surface area contributed by atoms with Crippen molar-refractivity contribution in [3.05, 3.63) is 65.2 Å². The van der Waals surface area contributed by atoms with E-state index in [9.17, 15) is 9.59 Å². The van der Waals surface area contributed by atoms with E-state index in [1.54, 1.807) is 40.9 Å². The first-order chi connectivity index (χ1) is 12.1. The van der Waals surface area contributed by atoms with Crippen LogP contribution < -0.4 is 5.32 Å². The van der Waals surface area contributed by atoms with Crippen LogP contribution in [0, 0.1) is 0 Å². The van der Waals surface area contributed by atoms with Gasteiger partial charge in [0.25, 0.3) is 0 Å². The Kier molecular flexibility index (Phi) is 4.21. The van der Waals surface area contributed by atoms with Crippen molar-refractivity contribution in [2.75, 3.05) is 11.1 Å². The molecule has 2 aliphatic rings. The van der Waals surface area contributed by atoms with E-state index in [1.807, 2.05) is 30.3 Å². The summed E-state index contributed by atoms with van der Waals surface area (Å²) in [6, 6.07) is 16.5. The Hall–Kier alpha value is -1.98. The molecule has 1 N–H and O–H groups in total. The largest absolute Gasteiger partial charge is 0.324 e. The summed E-state index contributed by atoms with van der Waals surface area (Å²) in [7, 11) is 0. The lowest BCUT2D eigenvalue weighted by molar-refractivity contribution is -0.136. The van der Waals surface area contributed by atoms with Crippen molar-refractivity contribution in [1.82, 2.24) is 4.90 Å². The highest BCUT2D eigenvalue weighted by molar-refractivity contribution is 8.00. The molecule has 4 nitrogen and oxygen atoms in total. The van der Waals surface area contributed by atoms with Gasteiger partial charge in [0.15, 0.2) is 0 Å². The number of nitrogens with one attached hydrogen (secondary N) is 1. The molecule has 0 spiro atoms. The molecule has 2 atom stereocenters. The number of anilines is 1. The molecular weight excluding hydrogens is 356 g/mol. The van der Waals surface area contributed by atoms with Gasteiger partial charge in [-0.05, 0) is 36.2 Å². The van der Waals surface area contributed by atoms with E-state index in [0.29, 0.717) is 22.9 Å². The second-order valence-electron chi connectivity index (χ2n) is 6.24. The fourth-order valence-electron chi connectivity index (χ4n) is 3.59. The molecule has 6 heteroatoms. The Bertz CT molecular complexity index is 812. The van der Waals surface area contributed by atoms with Gasteiger partial charge in [-0.25, -0.2) is 0 Å². The van der Waals surface area contributed by atoms with Gasteiger partial charge in [0.1, 0.15) is 10.9 Å². The monoisotopic (exact) mass is 372 g/mol. The molecule has 2 saturated heterocycles. The maximum atomic E-state index is 12.8. The number of fused-ring (bicyclic) bond motifs is 1. The number of carbonyl (C=O) groups excluding carboxylic acids is 2. The lowest BCUT2D eigenvalue weighted by atomic mass is 10.0. The number of nitrogens with zero attached hydrogens (tertiary/aromatic N) is 1. The Morgan fingerprint density at radius 1 is 1.16 bits per heavy atom. The number of rotatable bonds is 3. The zero-order valence-electron chi connectivity index (χ0n) is 13.4. The quantitative estimate of drug-likeness (QED) is 0.889. The first kappa shape index (κ1) is 16.5. The zero-order valence-corrected chi connectivity index (χ0v) is 15.0. The van der Waals surface area contributed by atoms with E-state index in [0.717, 1.165) is 12.0 Å². The van der Waals surface area contributed by atoms with Gasteiger partial charge < -0.3 is 10.2 Å². The molecule has 0 aliphatic carbocycles. The van der Waals surface area contributed by atoms with Crippen molar-refractivity contribution >= 4 is 40.9 Å². The summed E-state index contributed by atoms with van der Waals surface area (Å²) in [5.74, 6) is 0.494. The number of benzene rings is 2. The van der Waals surface area contributed by atoms with Gasteiger partial charge in [0, 0.05) is 22.9 Å². The van der Waals surface area contributed by atoms with E-state index in [4.69, 9.17) is 11.6 Å². The number of hydrogen-bond donors (Lipinski definition) is 1. The molecule has 2 heterocycles. The van der Waals surface area contributed by atoms with Crippen molar-refractivity contribution < 1.29 is 9.59 Å². The molecule has 2 aromatic rings. The lowest BCUT2D eigenvalue weighted by Gasteiger charge is -2.34. The molecule has 0 aromatic heterocycles. The molecule has 25 heavy (non-hydrogen) atoms. The van der Waals surface area contributed by atoms with Crippen LogP contribution in [-0.4, -0.2) is 28.5 Å². The second kappa shape index (κ2) is 6.39. The van der Waals surface area contributed by atoms with Gasteiger partial charge in [0.2, 0.25) is 11.8 Å². The summed E-state index contributed by atoms with van der Waals surface area (Å²) >= 11 is 7.57. The molecule has 0 radical (unpaired) electrons. The molecule has 2 fully saturated rings. The van der Waals surface area contributed by atoms with Crippen molar-refractivity contribution in [3.63, 3.8) is 0 Å². The molecular formula is C19H17ClN2O2S. The highest BCUT2D eigenvalue weighted by Crippen LogP contribution is 2.54. The third kappa shape index (κ3) is 2.81. The van der Waals surface area contributed by atoms with E-state index in [2.05, 4.69) is 5.32 Å². The van der Waals surface area contributed by atoms with Crippen LogP contribution in [0.25, 0.3) is 0 Å². The van der Waals surface area contributed by atoms with Gasteiger partial charge in [0.05, 0.1) is 0 Å². The standard InChI is InChI=1S/C19H17ClN2O2S/c20-14-6-8-15(9-7-14)21-18(24)16-12-25-19(11-10-17(23)22(16)19)13-4-2-1-3-5-13/h1-9,16H,10-12H2,(H,21,24)/t16-,19+/m1/s1. The van der Waals surface area contributed by atoms with Crippen LogP contribution >= 0.6 is 23.4 Å². The third-order valence-electron chi connectivity index (χ3n) is 4.77. The molecule has 0 saturated carbocycles. The van der Waals surface area contributed by atoms with Crippen LogP contribution in [0.3, 0.4) is 0 Å². The van der Waals surface area contributed by atoms with Crippen molar-refractivity contribution in [1.29, 1.82) is 0 Å². The van der Waals surface area contributed by atoms with Gasteiger partial charge >= 0.3 is 0 Å². The highest BCUT2D eigenvalue weighted by atomic mass is 35.5. The molecule has 2 aliphatic heterocycles. The maximum Gasteiger partial charge on any atom is 0.248 e. The second-order valence-corrected chi connectivity index (χ2v) is 7.97. The topological polar surface area (TPSA) is 49.4 Å². The average molecular weight is 373 g/mol. The predicted molar refractivity (Wildman–Crippen MR) is 101 cm³/mol. The number of halogens is 1. The smallest absolute Gasteiger partial charge is 0.248 e. The third-order valence-corrected chi connectivity index (χ3v) is 6.61. The number of amides is 2. The van der Waals surface area contributed by atoms with Gasteiger partial charge in [-0.2, -0.15) is 0 Å². The Morgan fingerprint density at radius 2 is 1.88 bits per heavy atom.